The topological polar surface area (TPSA) is 193 Å². The van der Waals surface area contributed by atoms with Gasteiger partial charge in [-0.15, -0.1) is 0 Å². The average molecular weight is 869 g/mol. The molecular formula is C48H52N8O8. The molecule has 6 atom stereocenters. The number of H-pyrrole nitrogens is 2. The number of rotatable bonds is 10. The minimum atomic E-state index is -0.962. The molecule has 6 aromatic rings. The van der Waals surface area contributed by atoms with Gasteiger partial charge in [-0.05, 0) is 70.2 Å². The molecule has 5 heterocycles. The highest BCUT2D eigenvalue weighted by Gasteiger charge is 2.42. The summed E-state index contributed by atoms with van der Waals surface area (Å²) in [4.78, 5) is 73.1. The lowest BCUT2D eigenvalue weighted by Crippen LogP contribution is -2.51. The van der Waals surface area contributed by atoms with Crippen molar-refractivity contribution in [2.75, 3.05) is 34.4 Å². The van der Waals surface area contributed by atoms with Crippen molar-refractivity contribution in [1.82, 2.24) is 40.4 Å². The second-order valence-electron chi connectivity index (χ2n) is 17.3. The van der Waals surface area contributed by atoms with Crippen LogP contribution in [0.4, 0.5) is 9.59 Å². The van der Waals surface area contributed by atoms with E-state index in [4.69, 9.17) is 28.9 Å². The SMILES string of the molecule is COC(=O)N[C@H](C(=O)N1C[C@@H](C)C[C@H]1c1nc2c(ccc3cc4c(cc32)OCc2cc(-c3cnc([C@@H]5C[C@H](OC)CN5C(=O)[C@H](NC(=O)OC)c5ccccc5)[nH]3)ccc2-4)[nH]1)C(C)C. The van der Waals surface area contributed by atoms with Crippen LogP contribution >= 0.6 is 0 Å². The van der Waals surface area contributed by atoms with Crippen molar-refractivity contribution in [3.63, 3.8) is 0 Å². The molecule has 3 aliphatic heterocycles. The number of hydrogen-bond donors (Lipinski definition) is 4. The number of amides is 4. The third-order valence-corrected chi connectivity index (χ3v) is 12.8. The Bertz CT molecular complexity index is 2750. The molecule has 332 valence electrons. The lowest BCUT2D eigenvalue weighted by atomic mass is 9.92. The van der Waals surface area contributed by atoms with Crippen molar-refractivity contribution in [2.24, 2.45) is 11.8 Å². The van der Waals surface area contributed by atoms with Gasteiger partial charge in [-0.25, -0.2) is 19.6 Å². The normalized spacial score (nSPS) is 20.1. The summed E-state index contributed by atoms with van der Waals surface area (Å²) in [5.74, 6) is 1.73. The van der Waals surface area contributed by atoms with Gasteiger partial charge in [0.1, 0.15) is 36.1 Å². The van der Waals surface area contributed by atoms with Crippen molar-refractivity contribution >= 4 is 45.8 Å². The summed E-state index contributed by atoms with van der Waals surface area (Å²) in [6.07, 6.45) is 1.47. The highest BCUT2D eigenvalue weighted by atomic mass is 16.5. The summed E-state index contributed by atoms with van der Waals surface area (Å²) < 4.78 is 21.9. The number of hydrogen-bond acceptors (Lipinski definition) is 10. The maximum absolute atomic E-state index is 14.2. The molecule has 4 aromatic carbocycles. The Morgan fingerprint density at radius 1 is 0.812 bits per heavy atom. The van der Waals surface area contributed by atoms with Crippen LogP contribution in [-0.4, -0.2) is 100 Å². The van der Waals surface area contributed by atoms with Crippen LogP contribution in [0.2, 0.25) is 0 Å². The number of nitrogens with zero attached hydrogens (tertiary/aromatic N) is 4. The summed E-state index contributed by atoms with van der Waals surface area (Å²) in [5.41, 5.74) is 7.04. The fraction of sp³-hybridized carbons (Fsp3) is 0.375. The van der Waals surface area contributed by atoms with Crippen LogP contribution in [0.25, 0.3) is 44.2 Å². The smallest absolute Gasteiger partial charge is 0.407 e. The fourth-order valence-corrected chi connectivity index (χ4v) is 9.46. The molecule has 0 radical (unpaired) electrons. The largest absolute Gasteiger partial charge is 0.488 e. The van der Waals surface area contributed by atoms with Crippen molar-refractivity contribution < 1.29 is 38.1 Å². The lowest BCUT2D eigenvalue weighted by Gasteiger charge is -2.30. The molecule has 4 amide bonds. The van der Waals surface area contributed by atoms with E-state index in [1.54, 1.807) is 30.3 Å². The number of fused-ring (bicyclic) bond motifs is 6. The Morgan fingerprint density at radius 2 is 1.56 bits per heavy atom. The molecule has 0 aliphatic carbocycles. The summed E-state index contributed by atoms with van der Waals surface area (Å²) in [5, 5.41) is 7.38. The minimum Gasteiger partial charge on any atom is -0.488 e. The van der Waals surface area contributed by atoms with Gasteiger partial charge >= 0.3 is 12.2 Å². The maximum Gasteiger partial charge on any atom is 0.407 e. The molecule has 9 rings (SSSR count). The van der Waals surface area contributed by atoms with Crippen LogP contribution in [0, 0.1) is 11.8 Å². The first-order chi connectivity index (χ1) is 30.9. The summed E-state index contributed by atoms with van der Waals surface area (Å²) >= 11 is 0. The van der Waals surface area contributed by atoms with E-state index in [-0.39, 0.29) is 35.8 Å². The van der Waals surface area contributed by atoms with Gasteiger partial charge in [-0.1, -0.05) is 69.3 Å². The Hall–Kier alpha value is -6.94. The molecule has 4 N–H and O–H groups in total. The highest BCUT2D eigenvalue weighted by molar-refractivity contribution is 6.07. The Labute approximate surface area is 370 Å². The maximum atomic E-state index is 14.2. The molecule has 2 fully saturated rings. The molecule has 16 heteroatoms. The molecule has 0 unspecified atom stereocenters. The fourth-order valence-electron chi connectivity index (χ4n) is 9.46. The van der Waals surface area contributed by atoms with Crippen LogP contribution in [0.1, 0.15) is 74.5 Å². The first-order valence-corrected chi connectivity index (χ1v) is 21.6. The van der Waals surface area contributed by atoms with Gasteiger partial charge in [0.25, 0.3) is 5.91 Å². The van der Waals surface area contributed by atoms with E-state index in [9.17, 15) is 19.2 Å². The standard InChI is InChI=1S/C48H52N8O8/c1-25(2)40(53-47(59)62-5)45(57)55-22-26(3)16-37(55)44-50-35-15-13-28-18-34-32-14-12-29(17-30(32)24-64-39(34)20-33(28)42(35)52-44)36-21-49-43(51-36)38-19-31(61-4)23-56(38)46(58)41(54-48(60)63-6)27-10-8-7-9-11-27/h7-15,17-18,20-21,25-26,31,37-38,40-41H,16,19,22-24H2,1-6H3,(H,49,51)(H,50,52)(H,53,59)(H,54,60)/t26-,31-,37-,38-,40-,41+/m0/s1. The number of benzene rings is 4. The number of carbonyl (C=O) groups excluding carboxylic acids is 4. The number of ether oxygens (including phenoxy) is 4. The van der Waals surface area contributed by atoms with E-state index < -0.39 is 30.3 Å². The molecule has 16 nitrogen and oxygen atoms in total. The third-order valence-electron chi connectivity index (χ3n) is 12.8. The molecule has 3 aliphatic rings. The van der Waals surface area contributed by atoms with Gasteiger partial charge in [-0.2, -0.15) is 0 Å². The Balaban J connectivity index is 0.972. The van der Waals surface area contributed by atoms with Crippen molar-refractivity contribution in [1.29, 1.82) is 0 Å². The molecule has 2 aromatic heterocycles. The molecule has 0 spiro atoms. The van der Waals surface area contributed by atoms with Gasteiger partial charge in [0.05, 0.1) is 55.3 Å². The van der Waals surface area contributed by atoms with Gasteiger partial charge in [0.15, 0.2) is 0 Å². The van der Waals surface area contributed by atoms with Crippen LogP contribution < -0.4 is 15.4 Å². The quantitative estimate of drug-likeness (QED) is 0.108. The third kappa shape index (κ3) is 7.86. The molecule has 2 saturated heterocycles. The van der Waals surface area contributed by atoms with E-state index >= 15 is 0 Å². The lowest BCUT2D eigenvalue weighted by molar-refractivity contribution is -0.136. The first kappa shape index (κ1) is 42.4. The molecule has 0 bridgehead atoms. The van der Waals surface area contributed by atoms with E-state index in [1.807, 2.05) is 43.0 Å². The van der Waals surface area contributed by atoms with E-state index in [2.05, 4.69) is 63.9 Å². The van der Waals surface area contributed by atoms with Gasteiger partial charge in [0, 0.05) is 37.6 Å². The number of likely N-dealkylation sites (tertiary alicyclic amines) is 2. The van der Waals surface area contributed by atoms with Gasteiger partial charge in [0.2, 0.25) is 5.91 Å². The second-order valence-corrected chi connectivity index (χ2v) is 17.3. The van der Waals surface area contributed by atoms with Crippen molar-refractivity contribution in [2.45, 2.75) is 70.5 Å². The monoisotopic (exact) mass is 868 g/mol. The summed E-state index contributed by atoms with van der Waals surface area (Å²) in [7, 11) is 4.19. The summed E-state index contributed by atoms with van der Waals surface area (Å²) in [6, 6.07) is 21.2. The number of alkyl carbamates (subject to hydrolysis) is 2. The van der Waals surface area contributed by atoms with E-state index in [1.165, 1.54) is 14.2 Å². The number of imidazole rings is 2. The number of carbonyl (C=O) groups is 4. The zero-order chi connectivity index (χ0) is 44.8. The summed E-state index contributed by atoms with van der Waals surface area (Å²) in [6.45, 7) is 7.17. The van der Waals surface area contributed by atoms with Crippen LogP contribution in [0.3, 0.4) is 0 Å². The predicted octanol–water partition coefficient (Wildman–Crippen LogP) is 7.34. The Morgan fingerprint density at radius 3 is 2.31 bits per heavy atom. The number of aromatic amines is 2. The van der Waals surface area contributed by atoms with Crippen LogP contribution in [-0.2, 0) is 30.4 Å². The molecule has 64 heavy (non-hydrogen) atoms. The zero-order valence-electron chi connectivity index (χ0n) is 36.6. The van der Waals surface area contributed by atoms with Crippen LogP contribution in [0.15, 0.2) is 79.0 Å². The number of aromatic nitrogens is 4. The highest BCUT2D eigenvalue weighted by Crippen LogP contribution is 2.44. The first-order valence-electron chi connectivity index (χ1n) is 21.6. The van der Waals surface area contributed by atoms with Crippen molar-refractivity contribution in [3.8, 4) is 28.1 Å². The number of nitrogens with one attached hydrogen (secondary N) is 4. The van der Waals surface area contributed by atoms with Crippen molar-refractivity contribution in [3.05, 3.63) is 102 Å². The van der Waals surface area contributed by atoms with Gasteiger partial charge < -0.3 is 49.3 Å². The predicted molar refractivity (Wildman–Crippen MR) is 238 cm³/mol. The number of methoxy groups -OCH3 is 3. The Kier molecular flexibility index (Phi) is 11.5. The average Bonchev–Trinajstić information content (AvgIpc) is 4.14. The molecular weight excluding hydrogens is 817 g/mol. The second kappa shape index (κ2) is 17.3. The van der Waals surface area contributed by atoms with Gasteiger partial charge in [-0.3, -0.25) is 9.59 Å². The minimum absolute atomic E-state index is 0.139. The van der Waals surface area contributed by atoms with E-state index in [0.29, 0.717) is 43.3 Å². The zero-order valence-corrected chi connectivity index (χ0v) is 36.6. The van der Waals surface area contributed by atoms with Crippen LogP contribution in [0.5, 0.6) is 5.75 Å². The molecule has 0 saturated carbocycles. The van der Waals surface area contributed by atoms with E-state index in [0.717, 1.165) is 61.9 Å².